The number of halogens is 2. The number of imide groups is 1. The molecule has 3 aromatic rings. The molecule has 9 nitrogen and oxygen atoms in total. The van der Waals surface area contributed by atoms with Gasteiger partial charge in [0, 0.05) is 42.7 Å². The fraction of sp³-hybridized carbons (Fsp3) is 0.588. The second-order valence-corrected chi connectivity index (χ2v) is 13.4. The molecule has 4 fully saturated rings. The Bertz CT molecular complexity index is 1630. The maximum Gasteiger partial charge on any atom is 0.282 e. The van der Waals surface area contributed by atoms with Gasteiger partial charge >= 0.3 is 0 Å². The van der Waals surface area contributed by atoms with E-state index in [1.165, 1.54) is 6.07 Å². The molecule has 1 N–H and O–H groups in total. The van der Waals surface area contributed by atoms with Gasteiger partial charge in [0.1, 0.15) is 18.3 Å². The van der Waals surface area contributed by atoms with Crippen molar-refractivity contribution < 1.29 is 23.1 Å². The molecule has 2 aliphatic heterocycles. The highest BCUT2D eigenvalue weighted by molar-refractivity contribution is 6.00. The van der Waals surface area contributed by atoms with Crippen LogP contribution in [0.15, 0.2) is 30.5 Å². The second kappa shape index (κ2) is 12.3. The molecule has 4 aliphatic rings. The number of nitrogens with zero attached hydrogens (tertiary/aromatic N) is 5. The monoisotopic (exact) mass is 618 g/mol. The summed E-state index contributed by atoms with van der Waals surface area (Å²) < 4.78 is 35.5. The largest absolute Gasteiger partial charge is 0.366 e. The predicted octanol–water partition coefficient (Wildman–Crippen LogP) is 5.25. The van der Waals surface area contributed by atoms with Crippen LogP contribution in [0.4, 0.5) is 8.78 Å². The number of hydrogen-bond donors (Lipinski definition) is 1. The highest BCUT2D eigenvalue weighted by Crippen LogP contribution is 2.48. The van der Waals surface area contributed by atoms with Crippen LogP contribution in [0.25, 0.3) is 10.9 Å². The van der Waals surface area contributed by atoms with Gasteiger partial charge in [-0.15, -0.1) is 0 Å². The molecule has 1 atom stereocenters. The molecule has 2 saturated heterocycles. The number of alkyl halides is 2. The minimum absolute atomic E-state index is 0.124. The molecule has 2 aromatic heterocycles. The van der Waals surface area contributed by atoms with E-state index in [0.29, 0.717) is 30.9 Å². The normalized spacial score (nSPS) is 25.7. The van der Waals surface area contributed by atoms with Crippen LogP contribution in [-0.4, -0.2) is 68.1 Å². The standard InChI is InChI=1S/C34H40F2N6O3/c1-22-31-23(4-2-6-28(31)42(38-22)29-11-12-30(43)37-33(29)44)5-3-19-45-26-9-7-24(8-10-26)40-20-34(21-40)16-13-25(14-17-34)41-18-15-27(39-41)32(35)36/h2,4,6,15,18,24-26,29,32H,7-14,16-17,19-21H2,1H3,(H,37,43,44). The summed E-state index contributed by atoms with van der Waals surface area (Å²) in [5, 5.41) is 12.1. The lowest BCUT2D eigenvalue weighted by Gasteiger charge is -2.57. The first-order chi connectivity index (χ1) is 21.8. The second-order valence-electron chi connectivity index (χ2n) is 13.4. The Balaban J connectivity index is 0.869. The molecule has 0 radical (unpaired) electrons. The van der Waals surface area contributed by atoms with Gasteiger partial charge in [0.05, 0.1) is 23.4 Å². The number of nitrogens with one attached hydrogen (secondary N) is 1. The average molecular weight is 619 g/mol. The van der Waals surface area contributed by atoms with E-state index in [1.54, 1.807) is 15.6 Å². The van der Waals surface area contributed by atoms with Gasteiger partial charge in [-0.25, -0.2) is 8.78 Å². The minimum Gasteiger partial charge on any atom is -0.366 e. The summed E-state index contributed by atoms with van der Waals surface area (Å²) in [6, 6.07) is 7.62. The molecule has 2 saturated carbocycles. The summed E-state index contributed by atoms with van der Waals surface area (Å²) in [7, 11) is 0. The van der Waals surface area contributed by atoms with Crippen molar-refractivity contribution in [1.82, 2.24) is 29.8 Å². The third-order valence-corrected chi connectivity index (χ3v) is 10.5. The number of fused-ring (bicyclic) bond motifs is 1. The number of aryl methyl sites for hydroxylation is 1. The number of likely N-dealkylation sites (tertiary alicyclic amines) is 1. The fourth-order valence-electron chi connectivity index (χ4n) is 8.04. The summed E-state index contributed by atoms with van der Waals surface area (Å²) in [5.74, 6) is 5.92. The van der Waals surface area contributed by atoms with E-state index in [1.807, 2.05) is 25.1 Å². The number of carbonyl (C=O) groups is 2. The van der Waals surface area contributed by atoms with E-state index in [-0.39, 0.29) is 29.7 Å². The first-order valence-corrected chi connectivity index (χ1v) is 16.3. The first-order valence-electron chi connectivity index (χ1n) is 16.3. The molecule has 0 bridgehead atoms. The van der Waals surface area contributed by atoms with Gasteiger partial charge in [-0.2, -0.15) is 10.2 Å². The number of carbonyl (C=O) groups excluding carboxylic acids is 2. The lowest BCUT2D eigenvalue weighted by atomic mass is 9.66. The van der Waals surface area contributed by atoms with Crippen LogP contribution in [-0.2, 0) is 14.3 Å². The molecule has 4 heterocycles. The van der Waals surface area contributed by atoms with Crippen molar-refractivity contribution in [1.29, 1.82) is 0 Å². The topological polar surface area (TPSA) is 94.3 Å². The predicted molar refractivity (Wildman–Crippen MR) is 163 cm³/mol. The molecule has 7 rings (SSSR count). The number of amides is 2. The Labute approximate surface area is 261 Å². The van der Waals surface area contributed by atoms with Gasteiger partial charge in [-0.3, -0.25) is 29.2 Å². The minimum atomic E-state index is -2.51. The highest BCUT2D eigenvalue weighted by atomic mass is 19.3. The van der Waals surface area contributed by atoms with Gasteiger partial charge in [0.15, 0.2) is 0 Å². The molecule has 2 aliphatic carbocycles. The van der Waals surface area contributed by atoms with Crippen molar-refractivity contribution in [3.05, 3.63) is 47.4 Å². The van der Waals surface area contributed by atoms with E-state index in [2.05, 4.69) is 32.3 Å². The Morgan fingerprint density at radius 1 is 1.02 bits per heavy atom. The third-order valence-electron chi connectivity index (χ3n) is 10.5. The van der Waals surface area contributed by atoms with Crippen molar-refractivity contribution in [3.63, 3.8) is 0 Å². The van der Waals surface area contributed by atoms with Gasteiger partial charge in [0.2, 0.25) is 5.91 Å². The molecule has 2 amide bonds. The number of ether oxygens (including phenoxy) is 1. The Morgan fingerprint density at radius 2 is 1.80 bits per heavy atom. The van der Waals surface area contributed by atoms with Crippen molar-refractivity contribution in [2.75, 3.05) is 19.7 Å². The Morgan fingerprint density at radius 3 is 2.51 bits per heavy atom. The third kappa shape index (κ3) is 6.02. The number of piperidine rings is 1. The zero-order valence-corrected chi connectivity index (χ0v) is 25.7. The summed E-state index contributed by atoms with van der Waals surface area (Å²) in [6.07, 6.45) is 8.82. The van der Waals surface area contributed by atoms with Crippen molar-refractivity contribution >= 4 is 22.7 Å². The van der Waals surface area contributed by atoms with Crippen molar-refractivity contribution in [2.24, 2.45) is 5.41 Å². The fourth-order valence-corrected chi connectivity index (χ4v) is 8.04. The molecule has 1 aromatic carbocycles. The molecule has 1 spiro atoms. The lowest BCUT2D eigenvalue weighted by Crippen LogP contribution is -2.61. The smallest absolute Gasteiger partial charge is 0.282 e. The van der Waals surface area contributed by atoms with Crippen LogP contribution in [0.1, 0.15) is 99.7 Å². The van der Waals surface area contributed by atoms with E-state index in [0.717, 1.165) is 86.6 Å². The lowest BCUT2D eigenvalue weighted by molar-refractivity contribution is -0.135. The summed E-state index contributed by atoms with van der Waals surface area (Å²) in [6.45, 7) is 4.58. The van der Waals surface area contributed by atoms with Crippen molar-refractivity contribution in [3.8, 4) is 11.8 Å². The zero-order valence-electron chi connectivity index (χ0n) is 25.7. The van der Waals surface area contributed by atoms with Gasteiger partial charge < -0.3 is 4.74 Å². The summed E-state index contributed by atoms with van der Waals surface area (Å²) >= 11 is 0. The van der Waals surface area contributed by atoms with Crippen LogP contribution >= 0.6 is 0 Å². The first kappa shape index (κ1) is 30.1. The van der Waals surface area contributed by atoms with E-state index >= 15 is 0 Å². The summed E-state index contributed by atoms with van der Waals surface area (Å²) in [4.78, 5) is 26.7. The molecular formula is C34H40F2N6O3. The summed E-state index contributed by atoms with van der Waals surface area (Å²) in [5.41, 5.74) is 2.77. The van der Waals surface area contributed by atoms with Crippen molar-refractivity contribution in [2.45, 2.75) is 102 Å². The Hall–Kier alpha value is -3.62. The number of rotatable bonds is 6. The van der Waals surface area contributed by atoms with Crippen LogP contribution < -0.4 is 5.32 Å². The highest BCUT2D eigenvalue weighted by Gasteiger charge is 2.47. The molecule has 1 unspecified atom stereocenters. The maximum absolute atomic E-state index is 12.9. The maximum atomic E-state index is 12.9. The van der Waals surface area contributed by atoms with E-state index < -0.39 is 12.5 Å². The van der Waals surface area contributed by atoms with Crippen LogP contribution in [0, 0.1) is 24.2 Å². The van der Waals surface area contributed by atoms with Gasteiger partial charge in [-0.1, -0.05) is 17.9 Å². The molecule has 238 valence electrons. The van der Waals surface area contributed by atoms with Gasteiger partial charge in [-0.05, 0) is 88.3 Å². The molecule has 11 heteroatoms. The number of aromatic nitrogens is 4. The average Bonchev–Trinajstić information content (AvgIpc) is 3.65. The molecule has 45 heavy (non-hydrogen) atoms. The Kier molecular flexibility index (Phi) is 8.21. The van der Waals surface area contributed by atoms with Gasteiger partial charge in [0.25, 0.3) is 12.3 Å². The van der Waals surface area contributed by atoms with E-state index in [9.17, 15) is 18.4 Å². The zero-order chi connectivity index (χ0) is 31.1. The van der Waals surface area contributed by atoms with Crippen LogP contribution in [0.2, 0.25) is 0 Å². The molecular weight excluding hydrogens is 578 g/mol. The van der Waals surface area contributed by atoms with Crippen LogP contribution in [0.5, 0.6) is 0 Å². The number of hydrogen-bond acceptors (Lipinski definition) is 6. The quantitative estimate of drug-likeness (QED) is 0.300. The SMILES string of the molecule is Cc1nn(C2CCC(=O)NC2=O)c2cccc(C#CCOC3CCC(N4CC5(CCC(n6ccc(C(F)F)n6)CC5)C4)CC3)c12. The van der Waals surface area contributed by atoms with E-state index in [4.69, 9.17) is 4.74 Å². The number of benzene rings is 1. The van der Waals surface area contributed by atoms with Crippen LogP contribution in [0.3, 0.4) is 0 Å².